The molecule has 0 aliphatic carbocycles. The van der Waals surface area contributed by atoms with Crippen molar-refractivity contribution in [2.75, 3.05) is 22.7 Å². The van der Waals surface area contributed by atoms with Gasteiger partial charge in [-0.1, -0.05) is 17.7 Å². The van der Waals surface area contributed by atoms with Crippen molar-refractivity contribution in [1.29, 1.82) is 0 Å². The molecule has 0 saturated carbocycles. The van der Waals surface area contributed by atoms with E-state index in [2.05, 4.69) is 4.72 Å². The molecule has 0 unspecified atom stereocenters. The van der Waals surface area contributed by atoms with Crippen LogP contribution in [0.5, 0.6) is 5.75 Å². The van der Waals surface area contributed by atoms with Crippen LogP contribution in [0, 0.1) is 12.7 Å². The van der Waals surface area contributed by atoms with Gasteiger partial charge in [0.25, 0.3) is 20.0 Å². The van der Waals surface area contributed by atoms with Gasteiger partial charge >= 0.3 is 0 Å². The second-order valence-electron chi connectivity index (χ2n) is 7.74. The van der Waals surface area contributed by atoms with Crippen LogP contribution in [0.4, 0.5) is 15.8 Å². The first-order valence-corrected chi connectivity index (χ1v) is 13.1. The molecule has 0 fully saturated rings. The molecule has 1 aliphatic heterocycles. The predicted molar refractivity (Wildman–Crippen MR) is 124 cm³/mol. The number of methoxy groups -OCH3 is 1. The van der Waals surface area contributed by atoms with E-state index in [4.69, 9.17) is 4.74 Å². The molecule has 3 aromatic rings. The van der Waals surface area contributed by atoms with Gasteiger partial charge < -0.3 is 4.74 Å². The Kier molecular flexibility index (Phi) is 6.06. The lowest BCUT2D eigenvalue weighted by Crippen LogP contribution is -2.35. The zero-order chi connectivity index (χ0) is 23.8. The van der Waals surface area contributed by atoms with Crippen molar-refractivity contribution in [2.24, 2.45) is 0 Å². The first-order chi connectivity index (χ1) is 15.6. The summed E-state index contributed by atoms with van der Waals surface area (Å²) >= 11 is 0. The second kappa shape index (κ2) is 8.68. The molecule has 1 aliphatic rings. The monoisotopic (exact) mass is 490 g/mol. The van der Waals surface area contributed by atoms with Crippen molar-refractivity contribution < 1.29 is 26.0 Å². The van der Waals surface area contributed by atoms with Gasteiger partial charge in [-0.15, -0.1) is 0 Å². The number of hydrogen-bond donors (Lipinski definition) is 1. The lowest BCUT2D eigenvalue weighted by atomic mass is 10.0. The number of anilines is 2. The fourth-order valence-corrected chi connectivity index (χ4v) is 6.34. The number of aryl methyl sites for hydroxylation is 2. The largest absolute Gasteiger partial charge is 0.494 e. The maximum atomic E-state index is 14.0. The zero-order valence-electron chi connectivity index (χ0n) is 18.1. The van der Waals surface area contributed by atoms with E-state index < -0.39 is 25.9 Å². The summed E-state index contributed by atoms with van der Waals surface area (Å²) in [5, 5.41) is 0. The summed E-state index contributed by atoms with van der Waals surface area (Å²) in [5.74, 6) is -0.847. The SMILES string of the molecule is COc1ccc(S(=O)(=O)Nc2ccc3c(c2)CCCN3S(=O)(=O)c2ccc(C)cc2)cc1F. The van der Waals surface area contributed by atoms with E-state index >= 15 is 0 Å². The molecule has 4 rings (SSSR count). The summed E-state index contributed by atoms with van der Waals surface area (Å²) in [6.07, 6.45) is 1.19. The van der Waals surface area contributed by atoms with Crippen molar-refractivity contribution in [1.82, 2.24) is 0 Å². The molecule has 0 atom stereocenters. The van der Waals surface area contributed by atoms with Crippen LogP contribution in [0.3, 0.4) is 0 Å². The lowest BCUT2D eigenvalue weighted by Gasteiger charge is -2.31. The Hall–Kier alpha value is -3.11. The maximum Gasteiger partial charge on any atom is 0.264 e. The normalized spacial score (nSPS) is 14.0. The fourth-order valence-electron chi connectivity index (χ4n) is 3.74. The number of rotatable bonds is 6. The minimum atomic E-state index is -4.05. The van der Waals surface area contributed by atoms with Gasteiger partial charge in [0, 0.05) is 12.2 Å². The summed E-state index contributed by atoms with van der Waals surface area (Å²) in [5.41, 5.74) is 2.44. The average molecular weight is 491 g/mol. The second-order valence-corrected chi connectivity index (χ2v) is 11.3. The average Bonchev–Trinajstić information content (AvgIpc) is 2.78. The topological polar surface area (TPSA) is 92.8 Å². The molecule has 174 valence electrons. The molecular weight excluding hydrogens is 467 g/mol. The highest BCUT2D eigenvalue weighted by Crippen LogP contribution is 2.34. The standard InChI is InChI=1S/C23H23FN2O5S2/c1-16-5-8-19(9-6-16)33(29,30)26-13-3-4-17-14-18(7-11-22(17)26)25-32(27,28)20-10-12-23(31-2)21(24)15-20/h5-12,14-15,25H,3-4,13H2,1-2H3. The molecule has 0 spiro atoms. The Morgan fingerprint density at radius 2 is 1.64 bits per heavy atom. The summed E-state index contributed by atoms with van der Waals surface area (Å²) < 4.78 is 74.5. The van der Waals surface area contributed by atoms with Crippen molar-refractivity contribution in [3.8, 4) is 5.75 Å². The van der Waals surface area contributed by atoms with Gasteiger partial charge in [0.05, 0.1) is 22.6 Å². The van der Waals surface area contributed by atoms with E-state index in [1.165, 1.54) is 29.6 Å². The molecule has 0 saturated heterocycles. The fraction of sp³-hybridized carbons (Fsp3) is 0.217. The van der Waals surface area contributed by atoms with Crippen LogP contribution in [-0.4, -0.2) is 30.5 Å². The van der Waals surface area contributed by atoms with Gasteiger partial charge in [-0.05, 0) is 73.9 Å². The minimum absolute atomic E-state index is 0.0578. The predicted octanol–water partition coefficient (Wildman–Crippen LogP) is 4.09. The van der Waals surface area contributed by atoms with Crippen LogP contribution < -0.4 is 13.8 Å². The Balaban J connectivity index is 1.63. The molecule has 0 amide bonds. The molecule has 7 nitrogen and oxygen atoms in total. The van der Waals surface area contributed by atoms with E-state index in [-0.39, 0.29) is 21.2 Å². The van der Waals surface area contributed by atoms with E-state index in [0.29, 0.717) is 30.6 Å². The van der Waals surface area contributed by atoms with Gasteiger partial charge in [-0.25, -0.2) is 21.2 Å². The number of nitrogens with one attached hydrogen (secondary N) is 1. The quantitative estimate of drug-likeness (QED) is 0.562. The van der Waals surface area contributed by atoms with Crippen molar-refractivity contribution >= 4 is 31.4 Å². The van der Waals surface area contributed by atoms with Crippen LogP contribution in [0.2, 0.25) is 0 Å². The number of nitrogens with zero attached hydrogens (tertiary/aromatic N) is 1. The van der Waals surface area contributed by atoms with Crippen LogP contribution >= 0.6 is 0 Å². The summed E-state index contributed by atoms with van der Waals surface area (Å²) in [6, 6.07) is 14.7. The first-order valence-electron chi connectivity index (χ1n) is 10.2. The Morgan fingerprint density at radius 3 is 2.30 bits per heavy atom. The first kappa shape index (κ1) is 23.1. The van der Waals surface area contributed by atoms with E-state index in [1.54, 1.807) is 36.4 Å². The lowest BCUT2D eigenvalue weighted by molar-refractivity contribution is 0.385. The third-order valence-electron chi connectivity index (χ3n) is 5.45. The Bertz CT molecular complexity index is 1410. The molecule has 0 bridgehead atoms. The number of fused-ring (bicyclic) bond motifs is 1. The Morgan fingerprint density at radius 1 is 0.939 bits per heavy atom. The highest BCUT2D eigenvalue weighted by molar-refractivity contribution is 7.93. The third-order valence-corrected chi connectivity index (χ3v) is 8.66. The molecule has 0 aromatic heterocycles. The molecule has 1 heterocycles. The highest BCUT2D eigenvalue weighted by Gasteiger charge is 2.29. The molecule has 33 heavy (non-hydrogen) atoms. The van der Waals surface area contributed by atoms with Gasteiger partial charge in [-0.3, -0.25) is 9.03 Å². The summed E-state index contributed by atoms with van der Waals surface area (Å²) in [7, 11) is -6.52. The van der Waals surface area contributed by atoms with Crippen LogP contribution in [0.15, 0.2) is 70.5 Å². The van der Waals surface area contributed by atoms with Crippen molar-refractivity contribution in [3.05, 3.63) is 77.6 Å². The van der Waals surface area contributed by atoms with Crippen molar-refractivity contribution in [2.45, 2.75) is 29.6 Å². The van der Waals surface area contributed by atoms with Gasteiger partial charge in [0.15, 0.2) is 11.6 Å². The van der Waals surface area contributed by atoms with Gasteiger partial charge in [-0.2, -0.15) is 0 Å². The molecule has 3 aromatic carbocycles. The van der Waals surface area contributed by atoms with Crippen LogP contribution in [-0.2, 0) is 26.5 Å². The van der Waals surface area contributed by atoms with Gasteiger partial charge in [0.1, 0.15) is 0 Å². The highest BCUT2D eigenvalue weighted by atomic mass is 32.2. The van der Waals surface area contributed by atoms with Crippen LogP contribution in [0.25, 0.3) is 0 Å². The van der Waals surface area contributed by atoms with E-state index in [0.717, 1.165) is 11.6 Å². The third kappa shape index (κ3) is 4.53. The summed E-state index contributed by atoms with van der Waals surface area (Å²) in [4.78, 5) is -0.0469. The number of ether oxygens (including phenoxy) is 1. The number of halogens is 1. The smallest absolute Gasteiger partial charge is 0.264 e. The van der Waals surface area contributed by atoms with Gasteiger partial charge in [0.2, 0.25) is 0 Å². The van der Waals surface area contributed by atoms with Crippen LogP contribution in [0.1, 0.15) is 17.5 Å². The molecule has 1 N–H and O–H groups in total. The minimum Gasteiger partial charge on any atom is -0.494 e. The molecular formula is C23H23FN2O5S2. The number of sulfonamides is 2. The molecule has 0 radical (unpaired) electrons. The van der Waals surface area contributed by atoms with E-state index in [9.17, 15) is 21.2 Å². The van der Waals surface area contributed by atoms with E-state index in [1.807, 2.05) is 6.92 Å². The number of benzene rings is 3. The maximum absolute atomic E-state index is 14.0. The summed E-state index contributed by atoms with van der Waals surface area (Å²) in [6.45, 7) is 2.22. The van der Waals surface area contributed by atoms with Crippen molar-refractivity contribution in [3.63, 3.8) is 0 Å². The zero-order valence-corrected chi connectivity index (χ0v) is 19.7. The Labute approximate surface area is 192 Å². The molecule has 10 heteroatoms. The number of hydrogen-bond acceptors (Lipinski definition) is 5.